The van der Waals surface area contributed by atoms with E-state index in [1.165, 1.54) is 11.1 Å². The number of hydrogen-bond acceptors (Lipinski definition) is 2. The predicted molar refractivity (Wildman–Crippen MR) is 64.5 cm³/mol. The van der Waals surface area contributed by atoms with E-state index in [-0.39, 0.29) is 0 Å². The molecule has 0 aliphatic heterocycles. The highest BCUT2D eigenvalue weighted by atomic mass is 32.1. The van der Waals surface area contributed by atoms with Gasteiger partial charge in [-0.15, -0.1) is 0 Å². The predicted octanol–water partition coefficient (Wildman–Crippen LogP) is 3.26. The number of thiol groups is 1. The lowest BCUT2D eigenvalue weighted by atomic mass is 10.0. The van der Waals surface area contributed by atoms with Gasteiger partial charge < -0.3 is 4.74 Å². The molecule has 0 amide bonds. The number of hydrogen-bond donors (Lipinski definition) is 1. The molecule has 0 saturated carbocycles. The molecule has 0 saturated heterocycles. The van der Waals surface area contributed by atoms with Crippen LogP contribution in [0.2, 0.25) is 0 Å². The van der Waals surface area contributed by atoms with Gasteiger partial charge in [0.1, 0.15) is 5.75 Å². The van der Waals surface area contributed by atoms with E-state index in [0.717, 1.165) is 31.0 Å². The Morgan fingerprint density at radius 2 is 2.14 bits per heavy atom. The van der Waals surface area contributed by atoms with Crippen LogP contribution in [0, 0.1) is 6.92 Å². The molecule has 1 rings (SSSR count). The summed E-state index contributed by atoms with van der Waals surface area (Å²) >= 11 is 4.21. The zero-order valence-electron chi connectivity index (χ0n) is 8.92. The first-order valence-electron chi connectivity index (χ1n) is 5.11. The maximum Gasteiger partial charge on any atom is 0.119 e. The molecule has 2 heteroatoms. The summed E-state index contributed by atoms with van der Waals surface area (Å²) in [5.41, 5.74) is 2.72. The smallest absolute Gasteiger partial charge is 0.119 e. The third-order valence-electron chi connectivity index (χ3n) is 2.23. The van der Waals surface area contributed by atoms with E-state index in [0.29, 0.717) is 0 Å². The minimum absolute atomic E-state index is 0.732. The molecule has 0 bridgehead atoms. The van der Waals surface area contributed by atoms with Gasteiger partial charge in [-0.25, -0.2) is 0 Å². The Morgan fingerprint density at radius 3 is 2.71 bits per heavy atom. The highest BCUT2D eigenvalue weighted by Gasteiger charge is 1.99. The summed E-state index contributed by atoms with van der Waals surface area (Å²) < 4.78 is 5.43. The van der Waals surface area contributed by atoms with Crippen molar-refractivity contribution in [3.63, 3.8) is 0 Å². The van der Waals surface area contributed by atoms with Crippen molar-refractivity contribution in [3.05, 3.63) is 29.3 Å². The summed E-state index contributed by atoms with van der Waals surface area (Å²) in [7, 11) is 0. The van der Waals surface area contributed by atoms with Crippen LogP contribution in [0.15, 0.2) is 18.2 Å². The van der Waals surface area contributed by atoms with E-state index in [1.54, 1.807) is 0 Å². The van der Waals surface area contributed by atoms with Gasteiger partial charge in [0.05, 0.1) is 6.61 Å². The highest BCUT2D eigenvalue weighted by Crippen LogP contribution is 2.18. The van der Waals surface area contributed by atoms with Gasteiger partial charge >= 0.3 is 0 Å². The molecule has 0 aliphatic rings. The van der Waals surface area contributed by atoms with Crippen molar-refractivity contribution in [1.82, 2.24) is 0 Å². The van der Waals surface area contributed by atoms with E-state index >= 15 is 0 Å². The Hall–Kier alpha value is -0.630. The summed E-state index contributed by atoms with van der Waals surface area (Å²) in [6.07, 6.45) is 2.25. The molecule has 0 radical (unpaired) electrons. The Morgan fingerprint density at radius 1 is 1.36 bits per heavy atom. The number of rotatable bonds is 5. The van der Waals surface area contributed by atoms with Crippen molar-refractivity contribution in [3.8, 4) is 5.75 Å². The first-order chi connectivity index (χ1) is 6.77. The quantitative estimate of drug-likeness (QED) is 0.734. The minimum atomic E-state index is 0.732. The standard InChI is InChI=1S/C12H18OS/c1-3-13-12-7-6-11(5-4-8-14)10(2)9-12/h6-7,9,14H,3-5,8H2,1-2H3. The van der Waals surface area contributed by atoms with Crippen LogP contribution < -0.4 is 4.74 Å². The average molecular weight is 210 g/mol. The molecule has 0 fully saturated rings. The number of ether oxygens (including phenoxy) is 1. The first-order valence-corrected chi connectivity index (χ1v) is 5.74. The Kier molecular flexibility index (Phi) is 4.88. The second-order valence-corrected chi connectivity index (χ2v) is 3.80. The Balaban J connectivity index is 2.68. The number of aryl methyl sites for hydroxylation is 2. The third kappa shape index (κ3) is 3.26. The third-order valence-corrected chi connectivity index (χ3v) is 2.55. The Labute approximate surface area is 91.9 Å². The summed E-state index contributed by atoms with van der Waals surface area (Å²) in [5.74, 6) is 1.92. The molecule has 0 unspecified atom stereocenters. The normalized spacial score (nSPS) is 10.2. The molecule has 0 heterocycles. The molecule has 1 aromatic carbocycles. The van der Waals surface area contributed by atoms with Crippen molar-refractivity contribution in [1.29, 1.82) is 0 Å². The van der Waals surface area contributed by atoms with Crippen LogP contribution in [-0.4, -0.2) is 12.4 Å². The van der Waals surface area contributed by atoms with Crippen molar-refractivity contribution >= 4 is 12.6 Å². The average Bonchev–Trinajstić information content (AvgIpc) is 2.17. The van der Waals surface area contributed by atoms with Gasteiger partial charge in [0.15, 0.2) is 0 Å². The summed E-state index contributed by atoms with van der Waals surface area (Å²) in [6, 6.07) is 6.31. The van der Waals surface area contributed by atoms with Crippen molar-refractivity contribution in [2.45, 2.75) is 26.7 Å². The zero-order valence-corrected chi connectivity index (χ0v) is 9.81. The van der Waals surface area contributed by atoms with Crippen LogP contribution in [-0.2, 0) is 6.42 Å². The fourth-order valence-electron chi connectivity index (χ4n) is 1.47. The van der Waals surface area contributed by atoms with Crippen LogP contribution in [0.3, 0.4) is 0 Å². The van der Waals surface area contributed by atoms with Gasteiger partial charge in [-0.2, -0.15) is 12.6 Å². The van der Waals surface area contributed by atoms with Crippen LogP contribution in [0.4, 0.5) is 0 Å². The second-order valence-electron chi connectivity index (χ2n) is 3.35. The van der Waals surface area contributed by atoms with Gasteiger partial charge in [-0.3, -0.25) is 0 Å². The van der Waals surface area contributed by atoms with Crippen molar-refractivity contribution < 1.29 is 4.74 Å². The lowest BCUT2D eigenvalue weighted by Gasteiger charge is -2.08. The topological polar surface area (TPSA) is 9.23 Å². The van der Waals surface area contributed by atoms with Gasteiger partial charge in [-0.05, 0) is 55.7 Å². The molecule has 0 aromatic heterocycles. The maximum absolute atomic E-state index is 5.43. The zero-order chi connectivity index (χ0) is 10.4. The van der Waals surface area contributed by atoms with E-state index in [9.17, 15) is 0 Å². The molecule has 14 heavy (non-hydrogen) atoms. The van der Waals surface area contributed by atoms with Crippen LogP contribution >= 0.6 is 12.6 Å². The van der Waals surface area contributed by atoms with Crippen molar-refractivity contribution in [2.75, 3.05) is 12.4 Å². The molecule has 0 spiro atoms. The summed E-state index contributed by atoms with van der Waals surface area (Å²) in [6.45, 7) is 4.87. The van der Waals surface area contributed by atoms with Crippen LogP contribution in [0.5, 0.6) is 5.75 Å². The van der Waals surface area contributed by atoms with Gasteiger partial charge in [-0.1, -0.05) is 6.07 Å². The van der Waals surface area contributed by atoms with E-state index in [4.69, 9.17) is 4.74 Å². The maximum atomic E-state index is 5.43. The largest absolute Gasteiger partial charge is 0.494 e. The Bertz CT molecular complexity index is 284. The summed E-state index contributed by atoms with van der Waals surface area (Å²) in [4.78, 5) is 0. The monoisotopic (exact) mass is 210 g/mol. The SMILES string of the molecule is CCOc1ccc(CCCS)c(C)c1. The van der Waals surface area contributed by atoms with Crippen LogP contribution in [0.1, 0.15) is 24.5 Å². The number of benzene rings is 1. The highest BCUT2D eigenvalue weighted by molar-refractivity contribution is 7.80. The van der Waals surface area contributed by atoms with Gasteiger partial charge in [0.25, 0.3) is 0 Å². The molecule has 78 valence electrons. The van der Waals surface area contributed by atoms with Crippen LogP contribution in [0.25, 0.3) is 0 Å². The molecule has 1 aromatic rings. The van der Waals surface area contributed by atoms with Crippen molar-refractivity contribution in [2.24, 2.45) is 0 Å². The first kappa shape index (κ1) is 11.4. The fraction of sp³-hybridized carbons (Fsp3) is 0.500. The summed E-state index contributed by atoms with van der Waals surface area (Å²) in [5, 5.41) is 0. The van der Waals surface area contributed by atoms with E-state index < -0.39 is 0 Å². The molecule has 0 aliphatic carbocycles. The van der Waals surface area contributed by atoms with E-state index in [2.05, 4.69) is 31.7 Å². The molecule has 0 atom stereocenters. The van der Waals surface area contributed by atoms with E-state index in [1.807, 2.05) is 13.0 Å². The van der Waals surface area contributed by atoms with Gasteiger partial charge in [0, 0.05) is 0 Å². The second kappa shape index (κ2) is 5.97. The lowest BCUT2D eigenvalue weighted by Crippen LogP contribution is -1.95. The lowest BCUT2D eigenvalue weighted by molar-refractivity contribution is 0.340. The molecular formula is C12H18OS. The molecular weight excluding hydrogens is 192 g/mol. The molecule has 1 nitrogen and oxygen atoms in total. The minimum Gasteiger partial charge on any atom is -0.494 e. The fourth-order valence-corrected chi connectivity index (χ4v) is 1.63. The van der Waals surface area contributed by atoms with Gasteiger partial charge in [0.2, 0.25) is 0 Å². The molecule has 0 N–H and O–H groups in total.